The molecule has 2 heterocycles. The number of likely N-dealkylation sites (tertiary alicyclic amines) is 1. The van der Waals surface area contributed by atoms with Crippen molar-refractivity contribution in [3.63, 3.8) is 0 Å². The predicted molar refractivity (Wildman–Crippen MR) is 124 cm³/mol. The molecule has 192 valence electrons. The highest BCUT2D eigenvalue weighted by atomic mass is 19.4. The van der Waals surface area contributed by atoms with Crippen LogP contribution in [-0.4, -0.2) is 70.1 Å². The van der Waals surface area contributed by atoms with E-state index in [-0.39, 0.29) is 23.6 Å². The number of urea groups is 1. The van der Waals surface area contributed by atoms with Crippen molar-refractivity contribution in [1.29, 1.82) is 5.26 Å². The molecule has 1 aromatic carbocycles. The van der Waals surface area contributed by atoms with Crippen LogP contribution in [0.4, 0.5) is 23.7 Å². The summed E-state index contributed by atoms with van der Waals surface area (Å²) in [6.07, 6.45) is 0.408. The van der Waals surface area contributed by atoms with Gasteiger partial charge in [0, 0.05) is 50.4 Å². The zero-order valence-electron chi connectivity index (χ0n) is 20.1. The molecule has 1 aliphatic carbocycles. The molecule has 1 saturated carbocycles. The Labute approximate surface area is 204 Å². The molecule has 2 amide bonds. The van der Waals surface area contributed by atoms with Crippen LogP contribution in [0.1, 0.15) is 43.2 Å². The number of nitrogens with one attached hydrogen (secondary N) is 1. The highest BCUT2D eigenvalue weighted by Crippen LogP contribution is 2.45. The van der Waals surface area contributed by atoms with Crippen LogP contribution in [-0.2, 0) is 15.7 Å². The molecule has 3 aliphatic rings. The summed E-state index contributed by atoms with van der Waals surface area (Å²) in [5, 5.41) is 12.3. The van der Waals surface area contributed by atoms with Crippen LogP contribution < -0.4 is 10.2 Å². The van der Waals surface area contributed by atoms with Crippen LogP contribution in [0.2, 0.25) is 0 Å². The number of methoxy groups -OCH3 is 1. The lowest BCUT2D eigenvalue weighted by atomic mass is 9.74. The Bertz CT molecular complexity index is 945. The van der Waals surface area contributed by atoms with Gasteiger partial charge >= 0.3 is 12.2 Å². The number of alkyl halides is 3. The molecule has 0 radical (unpaired) electrons. The van der Waals surface area contributed by atoms with Crippen molar-refractivity contribution in [1.82, 2.24) is 10.2 Å². The predicted octanol–water partition coefficient (Wildman–Crippen LogP) is 4.02. The third-order valence-corrected chi connectivity index (χ3v) is 7.65. The van der Waals surface area contributed by atoms with Crippen molar-refractivity contribution in [2.24, 2.45) is 11.3 Å². The normalized spacial score (nSPS) is 24.9. The van der Waals surface area contributed by atoms with E-state index < -0.39 is 17.2 Å². The van der Waals surface area contributed by atoms with Gasteiger partial charge in [0.2, 0.25) is 0 Å². The van der Waals surface area contributed by atoms with E-state index in [0.717, 1.165) is 38.2 Å². The van der Waals surface area contributed by atoms with Gasteiger partial charge in [0.25, 0.3) is 0 Å². The quantitative estimate of drug-likeness (QED) is 0.580. The first kappa shape index (κ1) is 25.6. The summed E-state index contributed by atoms with van der Waals surface area (Å²) in [5.74, 6) is 0.172. The first-order chi connectivity index (χ1) is 16.8. The van der Waals surface area contributed by atoms with Gasteiger partial charge in [-0.15, -0.1) is 0 Å². The molecule has 2 aliphatic heterocycles. The molecule has 35 heavy (non-hydrogen) atoms. The number of carbonyl (C=O) groups is 1. The summed E-state index contributed by atoms with van der Waals surface area (Å²) in [4.78, 5) is 16.8. The molecule has 1 aromatic rings. The number of nitriles is 1. The lowest BCUT2D eigenvalue weighted by Crippen LogP contribution is -2.56. The maximum Gasteiger partial charge on any atom is 0.417 e. The van der Waals surface area contributed by atoms with Crippen LogP contribution in [0.25, 0.3) is 0 Å². The maximum absolute atomic E-state index is 13.6. The van der Waals surface area contributed by atoms with E-state index in [9.17, 15) is 18.0 Å². The molecular weight excluding hydrogens is 461 g/mol. The number of hydrogen-bond donors (Lipinski definition) is 1. The van der Waals surface area contributed by atoms with Crippen molar-refractivity contribution in [2.75, 3.05) is 58.0 Å². The standard InChI is InChI=1S/C25H33F3N4O3/c1-34-10-11-35-17-24-15-31(23(33)30-20-4-2-3-5-20)9-8-19(24)14-32(16-24)21-7-6-18(13-29)22(12-21)25(26,27)28/h6-7,12,19-20H,2-5,8-11,14-17H2,1H3,(H,30,33)/t19-,24+/m1/s1. The fourth-order valence-electron chi connectivity index (χ4n) is 5.77. The summed E-state index contributed by atoms with van der Waals surface area (Å²) in [6.45, 7) is 3.40. The lowest BCUT2D eigenvalue weighted by Gasteiger charge is -2.44. The number of halogens is 3. The van der Waals surface area contributed by atoms with Crippen molar-refractivity contribution >= 4 is 11.7 Å². The monoisotopic (exact) mass is 494 g/mol. The first-order valence-corrected chi connectivity index (χ1v) is 12.2. The summed E-state index contributed by atoms with van der Waals surface area (Å²) in [5.41, 5.74) is -1.27. The third-order valence-electron chi connectivity index (χ3n) is 7.65. The average Bonchev–Trinajstić information content (AvgIpc) is 3.48. The largest absolute Gasteiger partial charge is 0.417 e. The van der Waals surface area contributed by atoms with E-state index in [2.05, 4.69) is 5.32 Å². The summed E-state index contributed by atoms with van der Waals surface area (Å²) >= 11 is 0. The second-order valence-corrected chi connectivity index (χ2v) is 9.97. The van der Waals surface area contributed by atoms with Crippen LogP contribution >= 0.6 is 0 Å². The Morgan fingerprint density at radius 1 is 1.23 bits per heavy atom. The Kier molecular flexibility index (Phi) is 7.77. The number of ether oxygens (including phenoxy) is 2. The molecule has 4 rings (SSSR count). The molecule has 0 bridgehead atoms. The molecule has 7 nitrogen and oxygen atoms in total. The number of piperidine rings is 1. The van der Waals surface area contributed by atoms with Crippen LogP contribution in [0.5, 0.6) is 0 Å². The summed E-state index contributed by atoms with van der Waals surface area (Å²) < 4.78 is 51.7. The first-order valence-electron chi connectivity index (χ1n) is 12.2. The van der Waals surface area contributed by atoms with Gasteiger partial charge in [-0.1, -0.05) is 12.8 Å². The van der Waals surface area contributed by atoms with Crippen molar-refractivity contribution in [2.45, 2.75) is 44.3 Å². The van der Waals surface area contributed by atoms with Crippen molar-refractivity contribution in [3.8, 4) is 6.07 Å². The van der Waals surface area contributed by atoms with Gasteiger partial charge in [0.05, 0.1) is 37.0 Å². The molecule has 2 saturated heterocycles. The maximum atomic E-state index is 13.6. The third kappa shape index (κ3) is 5.67. The Hall–Kier alpha value is -2.51. The highest BCUT2D eigenvalue weighted by molar-refractivity contribution is 5.75. The van der Waals surface area contributed by atoms with Crippen LogP contribution in [0.15, 0.2) is 18.2 Å². The topological polar surface area (TPSA) is 77.8 Å². The number of carbonyl (C=O) groups excluding carboxylic acids is 1. The van der Waals surface area contributed by atoms with Gasteiger partial charge in [-0.05, 0) is 43.4 Å². The van der Waals surface area contributed by atoms with E-state index in [0.29, 0.717) is 51.7 Å². The molecule has 1 N–H and O–H groups in total. The van der Waals surface area contributed by atoms with Crippen molar-refractivity contribution < 1.29 is 27.4 Å². The van der Waals surface area contributed by atoms with E-state index in [1.807, 2.05) is 9.80 Å². The Morgan fingerprint density at radius 2 is 2.00 bits per heavy atom. The fourth-order valence-corrected chi connectivity index (χ4v) is 5.77. The van der Waals surface area contributed by atoms with Crippen LogP contribution in [0.3, 0.4) is 0 Å². The zero-order valence-corrected chi connectivity index (χ0v) is 20.1. The number of nitrogens with zero attached hydrogens (tertiary/aromatic N) is 3. The van der Waals surface area contributed by atoms with E-state index in [1.165, 1.54) is 6.07 Å². The molecule has 0 unspecified atom stereocenters. The molecule has 2 atom stereocenters. The molecular formula is C25H33F3N4O3. The second-order valence-electron chi connectivity index (χ2n) is 9.97. The number of benzene rings is 1. The second kappa shape index (κ2) is 10.6. The summed E-state index contributed by atoms with van der Waals surface area (Å²) in [6, 6.07) is 5.68. The molecule has 0 aromatic heterocycles. The highest BCUT2D eigenvalue weighted by Gasteiger charge is 2.51. The number of rotatable bonds is 7. The molecule has 10 heteroatoms. The van der Waals surface area contributed by atoms with Gasteiger partial charge in [-0.3, -0.25) is 0 Å². The lowest BCUT2D eigenvalue weighted by molar-refractivity contribution is -0.137. The van der Waals surface area contributed by atoms with E-state index in [1.54, 1.807) is 19.2 Å². The molecule has 3 fully saturated rings. The number of hydrogen-bond acceptors (Lipinski definition) is 5. The van der Waals surface area contributed by atoms with Gasteiger partial charge in [-0.25, -0.2) is 4.79 Å². The smallest absolute Gasteiger partial charge is 0.382 e. The fraction of sp³-hybridized carbons (Fsp3) is 0.680. The van der Waals surface area contributed by atoms with Gasteiger partial charge in [-0.2, -0.15) is 18.4 Å². The number of amides is 2. The van der Waals surface area contributed by atoms with Gasteiger partial charge < -0.3 is 24.6 Å². The number of fused-ring (bicyclic) bond motifs is 1. The van der Waals surface area contributed by atoms with Crippen molar-refractivity contribution in [3.05, 3.63) is 29.3 Å². The van der Waals surface area contributed by atoms with Gasteiger partial charge in [0.15, 0.2) is 0 Å². The SMILES string of the molecule is COCCOC[C@@]12CN(C(=O)NC3CCCC3)CC[C@@H]1CN(c1ccc(C#N)c(C(F)(F)F)c1)C2. The number of anilines is 1. The summed E-state index contributed by atoms with van der Waals surface area (Å²) in [7, 11) is 1.60. The minimum absolute atomic E-state index is 0.0669. The van der Waals surface area contributed by atoms with E-state index in [4.69, 9.17) is 14.7 Å². The molecule has 0 spiro atoms. The average molecular weight is 495 g/mol. The Balaban J connectivity index is 1.54. The van der Waals surface area contributed by atoms with Crippen LogP contribution in [0, 0.1) is 22.7 Å². The zero-order chi connectivity index (χ0) is 25.1. The minimum atomic E-state index is -4.61. The van der Waals surface area contributed by atoms with E-state index >= 15 is 0 Å². The van der Waals surface area contributed by atoms with Gasteiger partial charge in [0.1, 0.15) is 0 Å². The minimum Gasteiger partial charge on any atom is -0.382 e. The Morgan fingerprint density at radius 3 is 2.69 bits per heavy atom.